The Hall–Kier alpha value is -1.67. The Morgan fingerprint density at radius 3 is 1.58 bits per heavy atom. The van der Waals surface area contributed by atoms with Crippen LogP contribution in [0.5, 0.6) is 0 Å². The maximum atomic E-state index is 12.7. The van der Waals surface area contributed by atoms with E-state index >= 15 is 0 Å². The number of carbonyl (C=O) groups excluding carboxylic acids is 3. The third-order valence-electron chi connectivity index (χ3n) is 4.95. The van der Waals surface area contributed by atoms with E-state index in [-0.39, 0.29) is 24.0 Å². The lowest BCUT2D eigenvalue weighted by Crippen LogP contribution is -2.37. The van der Waals surface area contributed by atoms with Crippen molar-refractivity contribution in [3.63, 3.8) is 0 Å². The van der Waals surface area contributed by atoms with Gasteiger partial charge in [0.2, 0.25) is 11.8 Å². The first kappa shape index (κ1) is 36.3. The maximum absolute atomic E-state index is 12.7. The van der Waals surface area contributed by atoms with Gasteiger partial charge in [-0.15, -0.1) is 0 Å². The van der Waals surface area contributed by atoms with E-state index in [1.54, 1.807) is 11.8 Å². The first-order chi connectivity index (χ1) is 18.5. The molecule has 0 rings (SSSR count). The summed E-state index contributed by atoms with van der Waals surface area (Å²) in [5.41, 5.74) is 0. The first-order valence-corrected chi connectivity index (χ1v) is 13.5. The second-order valence-corrected chi connectivity index (χ2v) is 8.29. The van der Waals surface area contributed by atoms with Crippen molar-refractivity contribution in [3.05, 3.63) is 0 Å². The monoisotopic (exact) mass is 550 g/mol. The van der Waals surface area contributed by atoms with Crippen molar-refractivity contribution in [2.75, 3.05) is 112 Å². The number of rotatable bonds is 29. The SMILES string of the molecule is CCOCCOCCOCCOCCC(=O)N(CCOCCCC(C)=O)CCOCCOCCNC(C)=O. The van der Waals surface area contributed by atoms with Crippen LogP contribution in [0, 0.1) is 0 Å². The van der Waals surface area contributed by atoms with Crippen LogP contribution in [0.1, 0.15) is 40.0 Å². The van der Waals surface area contributed by atoms with E-state index in [0.717, 1.165) is 0 Å². The Balaban J connectivity index is 4.03. The van der Waals surface area contributed by atoms with Gasteiger partial charge in [-0.05, 0) is 20.3 Å². The number of ether oxygens (including phenoxy) is 7. The highest BCUT2D eigenvalue weighted by Crippen LogP contribution is 1.99. The molecule has 0 saturated heterocycles. The van der Waals surface area contributed by atoms with Crippen LogP contribution in [0.2, 0.25) is 0 Å². The number of nitrogens with one attached hydrogen (secondary N) is 1. The molecule has 0 aromatic rings. The number of nitrogens with zero attached hydrogens (tertiary/aromatic N) is 1. The van der Waals surface area contributed by atoms with E-state index in [2.05, 4.69) is 5.32 Å². The summed E-state index contributed by atoms with van der Waals surface area (Å²) < 4.78 is 38.1. The fraction of sp³-hybridized carbons (Fsp3) is 0.885. The molecule has 0 aliphatic carbocycles. The zero-order chi connectivity index (χ0) is 28.1. The molecule has 1 N–H and O–H groups in total. The van der Waals surface area contributed by atoms with Crippen molar-refractivity contribution in [1.29, 1.82) is 0 Å². The van der Waals surface area contributed by atoms with Gasteiger partial charge in [0.1, 0.15) is 5.78 Å². The molecule has 0 atom stereocenters. The highest BCUT2D eigenvalue weighted by atomic mass is 16.6. The lowest BCUT2D eigenvalue weighted by atomic mass is 10.2. The number of ketones is 1. The van der Waals surface area contributed by atoms with Crippen LogP contribution < -0.4 is 5.32 Å². The highest BCUT2D eigenvalue weighted by molar-refractivity contribution is 5.76. The molecule has 0 aromatic heterocycles. The highest BCUT2D eigenvalue weighted by Gasteiger charge is 2.13. The summed E-state index contributed by atoms with van der Waals surface area (Å²) in [5.74, 6) is 0.0000235. The van der Waals surface area contributed by atoms with Gasteiger partial charge in [-0.2, -0.15) is 0 Å². The summed E-state index contributed by atoms with van der Waals surface area (Å²) in [6.45, 7) is 12.6. The largest absolute Gasteiger partial charge is 0.380 e. The van der Waals surface area contributed by atoms with Crippen molar-refractivity contribution < 1.29 is 47.5 Å². The number of amides is 2. The zero-order valence-electron chi connectivity index (χ0n) is 23.7. The molecule has 38 heavy (non-hydrogen) atoms. The van der Waals surface area contributed by atoms with Crippen LogP contribution in [0.25, 0.3) is 0 Å². The Morgan fingerprint density at radius 1 is 0.579 bits per heavy atom. The fourth-order valence-corrected chi connectivity index (χ4v) is 2.98. The topological polar surface area (TPSA) is 131 Å². The van der Waals surface area contributed by atoms with E-state index in [9.17, 15) is 14.4 Å². The van der Waals surface area contributed by atoms with Crippen molar-refractivity contribution >= 4 is 17.6 Å². The average molecular weight is 551 g/mol. The van der Waals surface area contributed by atoms with E-state index < -0.39 is 0 Å². The summed E-state index contributed by atoms with van der Waals surface area (Å²) in [4.78, 5) is 36.2. The van der Waals surface area contributed by atoms with E-state index in [4.69, 9.17) is 33.2 Å². The molecule has 0 heterocycles. The molecular weight excluding hydrogens is 500 g/mol. The van der Waals surface area contributed by atoms with Crippen molar-refractivity contribution in [1.82, 2.24) is 10.2 Å². The van der Waals surface area contributed by atoms with Crippen LogP contribution in [-0.2, 0) is 47.5 Å². The van der Waals surface area contributed by atoms with Crippen LogP contribution >= 0.6 is 0 Å². The normalized spacial score (nSPS) is 11.0. The Bertz CT molecular complexity index is 580. The van der Waals surface area contributed by atoms with Crippen molar-refractivity contribution in [2.45, 2.75) is 40.0 Å². The second-order valence-electron chi connectivity index (χ2n) is 8.29. The first-order valence-electron chi connectivity index (χ1n) is 13.5. The summed E-state index contributed by atoms with van der Waals surface area (Å²) in [6.07, 6.45) is 1.41. The summed E-state index contributed by atoms with van der Waals surface area (Å²) >= 11 is 0. The summed E-state index contributed by atoms with van der Waals surface area (Å²) in [5, 5.41) is 2.65. The minimum Gasteiger partial charge on any atom is -0.380 e. The van der Waals surface area contributed by atoms with E-state index in [0.29, 0.717) is 125 Å². The molecule has 12 nitrogen and oxygen atoms in total. The molecule has 0 aliphatic rings. The van der Waals surface area contributed by atoms with E-state index in [1.807, 2.05) is 6.92 Å². The number of Topliss-reactive ketones (excluding diaryl/α,β-unsaturated/α-hetero) is 1. The molecule has 0 spiro atoms. The van der Waals surface area contributed by atoms with Gasteiger partial charge in [-0.25, -0.2) is 0 Å². The molecule has 0 radical (unpaired) electrons. The third kappa shape index (κ3) is 27.4. The lowest BCUT2D eigenvalue weighted by molar-refractivity contribution is -0.134. The van der Waals surface area contributed by atoms with Gasteiger partial charge >= 0.3 is 0 Å². The average Bonchev–Trinajstić information content (AvgIpc) is 2.88. The predicted molar refractivity (Wildman–Crippen MR) is 141 cm³/mol. The molecule has 12 heteroatoms. The molecule has 2 amide bonds. The minimum absolute atomic E-state index is 0.0453. The van der Waals surface area contributed by atoms with Gasteiger partial charge in [0, 0.05) is 46.2 Å². The van der Waals surface area contributed by atoms with Gasteiger partial charge in [-0.1, -0.05) is 0 Å². The van der Waals surface area contributed by atoms with Gasteiger partial charge in [-0.3, -0.25) is 9.59 Å². The second kappa shape index (κ2) is 28.3. The standard InChI is InChI=1S/C26H50N2O10/c1-4-32-16-17-37-22-23-38-21-18-34-12-7-26(31)28(9-14-33-11-5-6-24(2)29)10-15-36-20-19-35-13-8-27-25(3)30/h4-23H2,1-3H3,(H,27,30). The van der Waals surface area contributed by atoms with Crippen molar-refractivity contribution in [2.24, 2.45) is 0 Å². The van der Waals surface area contributed by atoms with Gasteiger partial charge < -0.3 is 48.2 Å². The van der Waals surface area contributed by atoms with E-state index in [1.165, 1.54) is 6.92 Å². The fourth-order valence-electron chi connectivity index (χ4n) is 2.98. The molecule has 0 bridgehead atoms. The number of hydrogen-bond donors (Lipinski definition) is 1. The number of hydrogen-bond acceptors (Lipinski definition) is 10. The molecule has 0 fully saturated rings. The molecule has 0 aliphatic heterocycles. The molecule has 224 valence electrons. The smallest absolute Gasteiger partial charge is 0.225 e. The summed E-state index contributed by atoms with van der Waals surface area (Å²) in [7, 11) is 0. The van der Waals surface area contributed by atoms with Crippen molar-refractivity contribution in [3.8, 4) is 0 Å². The maximum Gasteiger partial charge on any atom is 0.225 e. The van der Waals surface area contributed by atoms with Gasteiger partial charge in [0.25, 0.3) is 0 Å². The van der Waals surface area contributed by atoms with Crippen LogP contribution in [0.3, 0.4) is 0 Å². The predicted octanol–water partition coefficient (Wildman–Crippen LogP) is 0.847. The third-order valence-corrected chi connectivity index (χ3v) is 4.95. The zero-order valence-corrected chi connectivity index (χ0v) is 23.7. The number of carbonyl (C=O) groups is 3. The molecule has 0 unspecified atom stereocenters. The Kier molecular flexibility index (Phi) is 27.1. The quantitative estimate of drug-likeness (QED) is 0.134. The minimum atomic E-state index is -0.0916. The lowest BCUT2D eigenvalue weighted by Gasteiger charge is -2.23. The Labute approximate surface area is 227 Å². The van der Waals surface area contributed by atoms with Gasteiger partial charge in [0.05, 0.1) is 85.7 Å². The van der Waals surface area contributed by atoms with Crippen LogP contribution in [0.15, 0.2) is 0 Å². The molecular formula is C26H50N2O10. The molecule has 0 saturated carbocycles. The van der Waals surface area contributed by atoms with Crippen LogP contribution in [0.4, 0.5) is 0 Å². The van der Waals surface area contributed by atoms with Crippen LogP contribution in [-0.4, -0.2) is 135 Å². The Morgan fingerprint density at radius 2 is 1.05 bits per heavy atom. The van der Waals surface area contributed by atoms with Gasteiger partial charge in [0.15, 0.2) is 0 Å². The summed E-state index contributed by atoms with van der Waals surface area (Å²) in [6, 6.07) is 0. The molecule has 0 aromatic carbocycles.